The van der Waals surface area contributed by atoms with Gasteiger partial charge in [-0.2, -0.15) is 0 Å². The average molecular weight is 282 g/mol. The van der Waals surface area contributed by atoms with Gasteiger partial charge in [0.05, 0.1) is 5.69 Å². The molecule has 0 spiro atoms. The average Bonchev–Trinajstić information content (AvgIpc) is 2.76. The number of hydrogen-bond acceptors (Lipinski definition) is 2. The lowest BCUT2D eigenvalue weighted by atomic mass is 10.2. The Bertz CT molecular complexity index is 652. The molecule has 0 aliphatic carbocycles. The van der Waals surface area contributed by atoms with E-state index in [9.17, 15) is 4.79 Å². The molecule has 0 bridgehead atoms. The third-order valence-electron chi connectivity index (χ3n) is 3.33. The molecular formula is C16H14N2OS. The minimum atomic E-state index is 0.00164. The molecule has 1 heterocycles. The zero-order valence-electron chi connectivity index (χ0n) is 11.1. The van der Waals surface area contributed by atoms with Gasteiger partial charge in [0.2, 0.25) is 0 Å². The molecule has 4 heteroatoms. The van der Waals surface area contributed by atoms with Crippen LogP contribution in [0.25, 0.3) is 0 Å². The number of hydrogen-bond donors (Lipinski definition) is 0. The molecule has 1 aliphatic rings. The lowest BCUT2D eigenvalue weighted by molar-refractivity contribution is -0.115. The Labute approximate surface area is 123 Å². The zero-order valence-corrected chi connectivity index (χ0v) is 11.9. The van der Waals surface area contributed by atoms with Crippen LogP contribution < -0.4 is 9.80 Å². The first-order valence-corrected chi connectivity index (χ1v) is 6.84. The molecule has 20 heavy (non-hydrogen) atoms. The summed E-state index contributed by atoms with van der Waals surface area (Å²) in [4.78, 5) is 15.7. The Morgan fingerprint density at radius 2 is 1.60 bits per heavy atom. The van der Waals surface area contributed by atoms with Crippen molar-refractivity contribution in [1.29, 1.82) is 0 Å². The number of carbonyl (C=O) groups excluding carboxylic acids is 1. The second-order valence-corrected chi connectivity index (χ2v) is 5.13. The molecule has 1 aliphatic heterocycles. The molecular weight excluding hydrogens is 268 g/mol. The van der Waals surface area contributed by atoms with E-state index in [1.165, 1.54) is 5.56 Å². The monoisotopic (exact) mass is 282 g/mol. The fraction of sp³-hybridized carbons (Fsp3) is 0.125. The van der Waals surface area contributed by atoms with Crippen LogP contribution in [0.4, 0.5) is 11.4 Å². The maximum Gasteiger partial charge on any atom is 0.253 e. The molecule has 0 atom stereocenters. The van der Waals surface area contributed by atoms with Crippen molar-refractivity contribution in [3.05, 3.63) is 60.2 Å². The number of aryl methyl sites for hydroxylation is 1. The quantitative estimate of drug-likeness (QED) is 0.791. The van der Waals surface area contributed by atoms with E-state index in [1.54, 1.807) is 4.90 Å². The molecule has 2 aromatic rings. The van der Waals surface area contributed by atoms with Gasteiger partial charge in [0.25, 0.3) is 5.91 Å². The first kappa shape index (κ1) is 12.8. The van der Waals surface area contributed by atoms with E-state index in [0.29, 0.717) is 5.11 Å². The van der Waals surface area contributed by atoms with E-state index in [1.807, 2.05) is 66.4 Å². The van der Waals surface area contributed by atoms with Crippen LogP contribution in [0.3, 0.4) is 0 Å². The number of benzene rings is 2. The van der Waals surface area contributed by atoms with E-state index in [-0.39, 0.29) is 12.5 Å². The highest BCUT2D eigenvalue weighted by Gasteiger charge is 2.34. The third-order valence-corrected chi connectivity index (χ3v) is 3.73. The van der Waals surface area contributed by atoms with Gasteiger partial charge in [-0.1, -0.05) is 35.9 Å². The van der Waals surface area contributed by atoms with Gasteiger partial charge in [0.15, 0.2) is 5.11 Å². The van der Waals surface area contributed by atoms with Crippen LogP contribution >= 0.6 is 12.2 Å². The van der Waals surface area contributed by atoms with Crippen LogP contribution in [0.2, 0.25) is 0 Å². The molecule has 0 N–H and O–H groups in total. The molecule has 1 amide bonds. The molecule has 2 aromatic carbocycles. The fourth-order valence-corrected chi connectivity index (χ4v) is 2.64. The number of carbonyl (C=O) groups is 1. The highest BCUT2D eigenvalue weighted by atomic mass is 32.1. The highest BCUT2D eigenvalue weighted by molar-refractivity contribution is 7.81. The van der Waals surface area contributed by atoms with Crippen LogP contribution in [0.1, 0.15) is 5.56 Å². The van der Waals surface area contributed by atoms with Crippen molar-refractivity contribution in [2.75, 3.05) is 16.3 Å². The van der Waals surface area contributed by atoms with Crippen molar-refractivity contribution in [3.8, 4) is 0 Å². The van der Waals surface area contributed by atoms with Gasteiger partial charge in [-0.3, -0.25) is 9.69 Å². The summed E-state index contributed by atoms with van der Waals surface area (Å²) < 4.78 is 0. The van der Waals surface area contributed by atoms with Crippen molar-refractivity contribution >= 4 is 34.6 Å². The summed E-state index contributed by atoms with van der Waals surface area (Å²) >= 11 is 5.47. The lowest BCUT2D eigenvalue weighted by Crippen LogP contribution is -2.32. The molecule has 100 valence electrons. The second-order valence-electron chi connectivity index (χ2n) is 4.77. The Kier molecular flexibility index (Phi) is 3.24. The molecule has 0 saturated carbocycles. The largest absolute Gasteiger partial charge is 0.309 e. The molecule has 0 radical (unpaired) electrons. The smallest absolute Gasteiger partial charge is 0.253 e. The Balaban J connectivity index is 1.93. The standard InChI is InChI=1S/C16H14N2OS/c1-12-7-9-13(10-8-12)17-11-15(19)18(16(17)20)14-5-3-2-4-6-14/h2-10H,11H2,1H3. The summed E-state index contributed by atoms with van der Waals surface area (Å²) in [5, 5.41) is 0.532. The maximum absolute atomic E-state index is 12.2. The van der Waals surface area contributed by atoms with Crippen molar-refractivity contribution in [1.82, 2.24) is 0 Å². The van der Waals surface area contributed by atoms with E-state index in [0.717, 1.165) is 11.4 Å². The molecule has 3 nitrogen and oxygen atoms in total. The van der Waals surface area contributed by atoms with E-state index in [4.69, 9.17) is 12.2 Å². The first-order valence-electron chi connectivity index (χ1n) is 6.43. The number of nitrogens with zero attached hydrogens (tertiary/aromatic N) is 2. The van der Waals surface area contributed by atoms with Gasteiger partial charge in [0, 0.05) is 5.69 Å². The minimum Gasteiger partial charge on any atom is -0.309 e. The van der Waals surface area contributed by atoms with Crippen molar-refractivity contribution in [2.24, 2.45) is 0 Å². The van der Waals surface area contributed by atoms with Gasteiger partial charge < -0.3 is 4.90 Å². The van der Waals surface area contributed by atoms with E-state index in [2.05, 4.69) is 0 Å². The highest BCUT2D eigenvalue weighted by Crippen LogP contribution is 2.26. The van der Waals surface area contributed by atoms with Gasteiger partial charge in [-0.05, 0) is 43.4 Å². The molecule has 1 saturated heterocycles. The summed E-state index contributed by atoms with van der Waals surface area (Å²) in [5.74, 6) is 0.00164. The molecule has 3 rings (SSSR count). The molecule has 1 fully saturated rings. The number of rotatable bonds is 2. The summed E-state index contributed by atoms with van der Waals surface area (Å²) in [6, 6.07) is 17.5. The van der Waals surface area contributed by atoms with Crippen molar-refractivity contribution < 1.29 is 4.79 Å². The van der Waals surface area contributed by atoms with Gasteiger partial charge in [0.1, 0.15) is 6.54 Å². The van der Waals surface area contributed by atoms with Crippen molar-refractivity contribution in [3.63, 3.8) is 0 Å². The van der Waals surface area contributed by atoms with Crippen molar-refractivity contribution in [2.45, 2.75) is 6.92 Å². The van der Waals surface area contributed by atoms with Gasteiger partial charge in [-0.25, -0.2) is 0 Å². The zero-order chi connectivity index (χ0) is 14.1. The van der Waals surface area contributed by atoms with Gasteiger partial charge in [-0.15, -0.1) is 0 Å². The topological polar surface area (TPSA) is 23.6 Å². The third kappa shape index (κ3) is 2.18. The van der Waals surface area contributed by atoms with Crippen LogP contribution in [0.5, 0.6) is 0 Å². The van der Waals surface area contributed by atoms with E-state index < -0.39 is 0 Å². The second kappa shape index (κ2) is 5.06. The maximum atomic E-state index is 12.2. The van der Waals surface area contributed by atoms with Gasteiger partial charge >= 0.3 is 0 Å². The number of amides is 1. The normalized spacial score (nSPS) is 15.1. The predicted molar refractivity (Wildman–Crippen MR) is 85.1 cm³/mol. The molecule has 0 aromatic heterocycles. The summed E-state index contributed by atoms with van der Waals surface area (Å²) in [6.45, 7) is 2.32. The fourth-order valence-electron chi connectivity index (χ4n) is 2.26. The van der Waals surface area contributed by atoms with E-state index >= 15 is 0 Å². The minimum absolute atomic E-state index is 0.00164. The summed E-state index contributed by atoms with van der Waals surface area (Å²) in [7, 11) is 0. The summed E-state index contributed by atoms with van der Waals surface area (Å²) in [6.07, 6.45) is 0. The lowest BCUT2D eigenvalue weighted by Gasteiger charge is -2.20. The van der Waals surface area contributed by atoms with Crippen LogP contribution in [-0.4, -0.2) is 17.6 Å². The number of para-hydroxylation sites is 1. The first-order chi connectivity index (χ1) is 9.66. The SMILES string of the molecule is Cc1ccc(N2CC(=O)N(c3ccccc3)C2=S)cc1. The van der Waals surface area contributed by atoms with Crippen LogP contribution in [0.15, 0.2) is 54.6 Å². The number of thiocarbonyl (C=S) groups is 1. The van der Waals surface area contributed by atoms with Crippen LogP contribution in [0, 0.1) is 6.92 Å². The Hall–Kier alpha value is -2.20. The molecule has 0 unspecified atom stereocenters. The summed E-state index contributed by atoms with van der Waals surface area (Å²) in [5.41, 5.74) is 2.95. The Morgan fingerprint density at radius 1 is 0.950 bits per heavy atom. The van der Waals surface area contributed by atoms with Crippen LogP contribution in [-0.2, 0) is 4.79 Å². The Morgan fingerprint density at radius 3 is 2.25 bits per heavy atom. The number of anilines is 2. The predicted octanol–water partition coefficient (Wildman–Crippen LogP) is 3.13.